The topological polar surface area (TPSA) is 26.3 Å². The van der Waals surface area contributed by atoms with Gasteiger partial charge in [-0.15, -0.1) is 23.2 Å². The maximum Gasteiger partial charge on any atom is 0.317 e. The lowest BCUT2D eigenvalue weighted by atomic mass is 10.1. The van der Waals surface area contributed by atoms with Gasteiger partial charge in [-0.05, 0) is 37.5 Å². The standard InChI is InChI=1S/C12H12Cl2O2/c1-7-4-3-5-10(8(7)2)16-11(15)9-6-12(9,13)14/h3-5,9H,6H2,1-2H3. The molecule has 0 bridgehead atoms. The van der Waals surface area contributed by atoms with Crippen molar-refractivity contribution in [2.24, 2.45) is 5.92 Å². The van der Waals surface area contributed by atoms with Crippen LogP contribution in [0.3, 0.4) is 0 Å². The third kappa shape index (κ3) is 2.18. The average Bonchev–Trinajstić information content (AvgIpc) is 2.83. The summed E-state index contributed by atoms with van der Waals surface area (Å²) < 4.78 is 4.36. The molecule has 86 valence electrons. The van der Waals surface area contributed by atoms with Crippen molar-refractivity contribution in [3.8, 4) is 5.75 Å². The Labute approximate surface area is 104 Å². The third-order valence-electron chi connectivity index (χ3n) is 2.88. The zero-order chi connectivity index (χ0) is 11.9. The molecule has 1 aliphatic carbocycles. The summed E-state index contributed by atoms with van der Waals surface area (Å²) in [7, 11) is 0. The van der Waals surface area contributed by atoms with E-state index in [1.807, 2.05) is 26.0 Å². The fourth-order valence-corrected chi connectivity index (χ4v) is 1.97. The molecule has 0 heterocycles. The Morgan fingerprint density at radius 2 is 2.06 bits per heavy atom. The van der Waals surface area contributed by atoms with E-state index in [0.29, 0.717) is 12.2 Å². The second-order valence-corrected chi connectivity index (χ2v) is 5.68. The highest BCUT2D eigenvalue weighted by molar-refractivity contribution is 6.52. The molecule has 2 nitrogen and oxygen atoms in total. The number of rotatable bonds is 2. The lowest BCUT2D eigenvalue weighted by Crippen LogP contribution is -2.14. The summed E-state index contributed by atoms with van der Waals surface area (Å²) in [6.45, 7) is 3.89. The predicted octanol–water partition coefficient (Wildman–Crippen LogP) is 3.40. The minimum atomic E-state index is -0.922. The Hall–Kier alpha value is -0.730. The van der Waals surface area contributed by atoms with Crippen molar-refractivity contribution in [2.75, 3.05) is 0 Å². The fraction of sp³-hybridized carbons (Fsp3) is 0.417. The van der Waals surface area contributed by atoms with E-state index in [1.54, 1.807) is 6.07 Å². The summed E-state index contributed by atoms with van der Waals surface area (Å²) >= 11 is 11.6. The number of carbonyl (C=O) groups excluding carboxylic acids is 1. The Morgan fingerprint density at radius 1 is 1.44 bits per heavy atom. The molecule has 1 aromatic rings. The van der Waals surface area contributed by atoms with Crippen LogP contribution in [0, 0.1) is 19.8 Å². The van der Waals surface area contributed by atoms with Gasteiger partial charge in [0.1, 0.15) is 10.1 Å². The van der Waals surface area contributed by atoms with Crippen molar-refractivity contribution in [1.29, 1.82) is 0 Å². The molecule has 0 aromatic heterocycles. The Kier molecular flexibility index (Phi) is 2.89. The molecule has 1 unspecified atom stereocenters. The number of hydrogen-bond donors (Lipinski definition) is 0. The van der Waals surface area contributed by atoms with Gasteiger partial charge < -0.3 is 4.74 Å². The van der Waals surface area contributed by atoms with E-state index in [4.69, 9.17) is 27.9 Å². The molecule has 1 saturated carbocycles. The van der Waals surface area contributed by atoms with Crippen LogP contribution in [0.2, 0.25) is 0 Å². The van der Waals surface area contributed by atoms with Crippen LogP contribution >= 0.6 is 23.2 Å². The molecule has 0 radical (unpaired) electrons. The molecule has 16 heavy (non-hydrogen) atoms. The van der Waals surface area contributed by atoms with Crippen molar-refractivity contribution < 1.29 is 9.53 Å². The lowest BCUT2D eigenvalue weighted by molar-refractivity contribution is -0.135. The predicted molar refractivity (Wildman–Crippen MR) is 64.1 cm³/mol. The Bertz CT molecular complexity index is 441. The first-order valence-electron chi connectivity index (χ1n) is 5.07. The quantitative estimate of drug-likeness (QED) is 0.462. The van der Waals surface area contributed by atoms with Crippen molar-refractivity contribution in [3.63, 3.8) is 0 Å². The molecule has 1 aliphatic rings. The van der Waals surface area contributed by atoms with Gasteiger partial charge in [-0.1, -0.05) is 12.1 Å². The summed E-state index contributed by atoms with van der Waals surface area (Å²) in [4.78, 5) is 11.7. The summed E-state index contributed by atoms with van der Waals surface area (Å²) in [6.07, 6.45) is 0.472. The smallest absolute Gasteiger partial charge is 0.317 e. The lowest BCUT2D eigenvalue weighted by Gasteiger charge is -2.09. The van der Waals surface area contributed by atoms with E-state index in [-0.39, 0.29) is 5.97 Å². The van der Waals surface area contributed by atoms with E-state index < -0.39 is 10.3 Å². The molecule has 0 aliphatic heterocycles. The molecule has 1 atom stereocenters. The molecule has 0 amide bonds. The number of ether oxygens (including phenoxy) is 1. The maximum atomic E-state index is 11.7. The van der Waals surface area contributed by atoms with E-state index in [1.165, 1.54) is 0 Å². The second-order valence-electron chi connectivity index (χ2n) is 4.14. The molecule has 0 N–H and O–H groups in total. The van der Waals surface area contributed by atoms with Crippen molar-refractivity contribution in [3.05, 3.63) is 29.3 Å². The largest absolute Gasteiger partial charge is 0.426 e. The van der Waals surface area contributed by atoms with Gasteiger partial charge in [0.2, 0.25) is 0 Å². The fourth-order valence-electron chi connectivity index (χ4n) is 1.48. The second kappa shape index (κ2) is 3.94. The van der Waals surface area contributed by atoms with Crippen molar-refractivity contribution in [2.45, 2.75) is 24.6 Å². The molecular formula is C12H12Cl2O2. The number of benzene rings is 1. The molecule has 4 heteroatoms. The maximum absolute atomic E-state index is 11.7. The molecule has 1 aromatic carbocycles. The first-order valence-corrected chi connectivity index (χ1v) is 5.83. The number of hydrogen-bond acceptors (Lipinski definition) is 2. The highest BCUT2D eigenvalue weighted by Gasteiger charge is 2.57. The van der Waals surface area contributed by atoms with Gasteiger partial charge in [0.25, 0.3) is 0 Å². The van der Waals surface area contributed by atoms with Crippen molar-refractivity contribution >= 4 is 29.2 Å². The summed E-state index contributed by atoms with van der Waals surface area (Å²) in [5.41, 5.74) is 2.05. The zero-order valence-electron chi connectivity index (χ0n) is 9.09. The monoisotopic (exact) mass is 258 g/mol. The van der Waals surface area contributed by atoms with Crippen molar-refractivity contribution in [1.82, 2.24) is 0 Å². The van der Waals surface area contributed by atoms with Crippen LogP contribution in [0.15, 0.2) is 18.2 Å². The van der Waals surface area contributed by atoms with E-state index in [2.05, 4.69) is 0 Å². The minimum Gasteiger partial charge on any atom is -0.426 e. The van der Waals surface area contributed by atoms with Crippen LogP contribution in [0.1, 0.15) is 17.5 Å². The van der Waals surface area contributed by atoms with Gasteiger partial charge in [0.05, 0.1) is 5.92 Å². The first-order chi connectivity index (χ1) is 7.42. The van der Waals surface area contributed by atoms with Gasteiger partial charge in [-0.2, -0.15) is 0 Å². The van der Waals surface area contributed by atoms with Gasteiger partial charge in [-0.25, -0.2) is 0 Å². The normalized spacial score (nSPS) is 21.6. The van der Waals surface area contributed by atoms with Gasteiger partial charge in [-0.3, -0.25) is 4.79 Å². The van der Waals surface area contributed by atoms with Crippen LogP contribution in [-0.2, 0) is 4.79 Å². The number of aryl methyl sites for hydroxylation is 1. The minimum absolute atomic E-state index is 0.348. The summed E-state index contributed by atoms with van der Waals surface area (Å²) in [6, 6.07) is 5.59. The number of carbonyl (C=O) groups is 1. The van der Waals surface area contributed by atoms with Crippen LogP contribution in [-0.4, -0.2) is 10.3 Å². The highest BCUT2D eigenvalue weighted by atomic mass is 35.5. The van der Waals surface area contributed by atoms with E-state index in [0.717, 1.165) is 11.1 Å². The van der Waals surface area contributed by atoms with Gasteiger partial charge in [0, 0.05) is 0 Å². The number of alkyl halides is 2. The molecule has 1 fully saturated rings. The SMILES string of the molecule is Cc1cccc(OC(=O)C2CC2(Cl)Cl)c1C. The zero-order valence-corrected chi connectivity index (χ0v) is 10.6. The summed E-state index contributed by atoms with van der Waals surface area (Å²) in [5.74, 6) is -0.157. The van der Waals surface area contributed by atoms with E-state index in [9.17, 15) is 4.79 Å². The van der Waals surface area contributed by atoms with Crippen LogP contribution in [0.25, 0.3) is 0 Å². The number of esters is 1. The Balaban J connectivity index is 2.10. The van der Waals surface area contributed by atoms with Crippen LogP contribution < -0.4 is 4.74 Å². The van der Waals surface area contributed by atoms with Crippen LogP contribution in [0.5, 0.6) is 5.75 Å². The van der Waals surface area contributed by atoms with Gasteiger partial charge >= 0.3 is 5.97 Å². The highest BCUT2D eigenvalue weighted by Crippen LogP contribution is 2.53. The first kappa shape index (κ1) is 11.7. The molecule has 0 spiro atoms. The molecule has 0 saturated heterocycles. The number of halogens is 2. The average molecular weight is 259 g/mol. The van der Waals surface area contributed by atoms with E-state index >= 15 is 0 Å². The Morgan fingerprint density at radius 3 is 2.62 bits per heavy atom. The molecular weight excluding hydrogens is 247 g/mol. The molecule has 2 rings (SSSR count). The van der Waals surface area contributed by atoms with Gasteiger partial charge in [0.15, 0.2) is 0 Å². The van der Waals surface area contributed by atoms with Crippen LogP contribution in [0.4, 0.5) is 0 Å². The summed E-state index contributed by atoms with van der Waals surface area (Å²) in [5, 5.41) is 0. The third-order valence-corrected chi connectivity index (χ3v) is 3.71.